The highest BCUT2D eigenvalue weighted by Crippen LogP contribution is 2.28. The van der Waals surface area contributed by atoms with E-state index in [-0.39, 0.29) is 6.61 Å². The predicted molar refractivity (Wildman–Crippen MR) is 120 cm³/mol. The van der Waals surface area contributed by atoms with Gasteiger partial charge < -0.3 is 15.0 Å². The second-order valence-corrected chi connectivity index (χ2v) is 7.89. The van der Waals surface area contributed by atoms with Gasteiger partial charge in [-0.2, -0.15) is 0 Å². The minimum absolute atomic E-state index is 0.145. The van der Waals surface area contributed by atoms with Gasteiger partial charge >= 0.3 is 5.97 Å². The summed E-state index contributed by atoms with van der Waals surface area (Å²) in [5.74, 6) is -0.444. The Hall–Kier alpha value is -3.67. The first kappa shape index (κ1) is 20.6. The van der Waals surface area contributed by atoms with Crippen LogP contribution in [0.1, 0.15) is 30.9 Å². The number of fused-ring (bicyclic) bond motifs is 3. The number of rotatable bonds is 9. The third kappa shape index (κ3) is 4.43. The van der Waals surface area contributed by atoms with Crippen molar-refractivity contribution in [3.05, 3.63) is 78.1 Å². The summed E-state index contributed by atoms with van der Waals surface area (Å²) in [4.78, 5) is 31.4. The molecule has 0 aliphatic heterocycles. The zero-order chi connectivity index (χ0) is 21.7. The van der Waals surface area contributed by atoms with Crippen LogP contribution in [-0.2, 0) is 27.4 Å². The SMILES string of the molecule is C[C@@](CCCc1cccc2c1[nH]c1ccccc12)(NC=O)C(=O)OCc1ccncc1. The summed E-state index contributed by atoms with van der Waals surface area (Å²) >= 11 is 0. The molecule has 0 unspecified atom stereocenters. The summed E-state index contributed by atoms with van der Waals surface area (Å²) in [6, 6.07) is 18.1. The van der Waals surface area contributed by atoms with Crippen molar-refractivity contribution in [1.29, 1.82) is 0 Å². The Labute approximate surface area is 180 Å². The van der Waals surface area contributed by atoms with E-state index in [9.17, 15) is 9.59 Å². The molecule has 0 saturated heterocycles. The molecule has 0 fully saturated rings. The number of aryl methyl sites for hydroxylation is 1. The molecular weight excluding hydrogens is 390 g/mol. The van der Waals surface area contributed by atoms with Crippen molar-refractivity contribution in [1.82, 2.24) is 15.3 Å². The molecular formula is C25H25N3O3. The van der Waals surface area contributed by atoms with Crippen LogP contribution in [0.3, 0.4) is 0 Å². The maximum Gasteiger partial charge on any atom is 0.331 e. The number of benzene rings is 2. The minimum atomic E-state index is -1.08. The van der Waals surface area contributed by atoms with Crippen molar-refractivity contribution in [2.75, 3.05) is 0 Å². The lowest BCUT2D eigenvalue weighted by atomic mass is 9.93. The summed E-state index contributed by atoms with van der Waals surface area (Å²) in [5, 5.41) is 5.06. The predicted octanol–water partition coefficient (Wildman–Crippen LogP) is 4.29. The van der Waals surface area contributed by atoms with Gasteiger partial charge in [-0.25, -0.2) is 4.79 Å². The number of nitrogens with zero attached hydrogens (tertiary/aromatic N) is 1. The van der Waals surface area contributed by atoms with Gasteiger partial charge in [-0.1, -0.05) is 36.4 Å². The second-order valence-electron chi connectivity index (χ2n) is 7.89. The molecule has 6 heteroatoms. The molecule has 2 aromatic carbocycles. The third-order valence-corrected chi connectivity index (χ3v) is 5.70. The number of carbonyl (C=O) groups is 2. The Morgan fingerprint density at radius 1 is 1.10 bits per heavy atom. The van der Waals surface area contributed by atoms with Crippen LogP contribution in [0.5, 0.6) is 0 Å². The first-order chi connectivity index (χ1) is 15.1. The maximum atomic E-state index is 12.7. The molecule has 31 heavy (non-hydrogen) atoms. The Morgan fingerprint density at radius 3 is 2.68 bits per heavy atom. The zero-order valence-electron chi connectivity index (χ0n) is 17.4. The van der Waals surface area contributed by atoms with E-state index in [4.69, 9.17) is 4.74 Å². The topological polar surface area (TPSA) is 84.1 Å². The molecule has 2 heterocycles. The highest BCUT2D eigenvalue weighted by molar-refractivity contribution is 6.08. The van der Waals surface area contributed by atoms with Crippen LogP contribution < -0.4 is 5.32 Å². The molecule has 1 amide bonds. The van der Waals surface area contributed by atoms with Crippen LogP contribution in [0, 0.1) is 0 Å². The molecule has 0 saturated carbocycles. The Balaban J connectivity index is 1.44. The monoisotopic (exact) mass is 415 g/mol. The van der Waals surface area contributed by atoms with E-state index in [1.807, 2.05) is 12.1 Å². The van der Waals surface area contributed by atoms with Crippen molar-refractivity contribution >= 4 is 34.2 Å². The van der Waals surface area contributed by atoms with E-state index in [0.717, 1.165) is 29.4 Å². The summed E-state index contributed by atoms with van der Waals surface area (Å²) in [7, 11) is 0. The lowest BCUT2D eigenvalue weighted by Gasteiger charge is -2.26. The molecule has 158 valence electrons. The number of ether oxygens (including phenoxy) is 1. The molecule has 0 bridgehead atoms. The van der Waals surface area contributed by atoms with Gasteiger partial charge in [0.05, 0.1) is 0 Å². The number of carbonyl (C=O) groups excluding carboxylic acids is 2. The molecule has 1 atom stereocenters. The van der Waals surface area contributed by atoms with Crippen molar-refractivity contribution in [3.63, 3.8) is 0 Å². The van der Waals surface area contributed by atoms with Gasteiger partial charge in [-0.3, -0.25) is 9.78 Å². The number of para-hydroxylation sites is 2. The molecule has 4 rings (SSSR count). The Bertz CT molecular complexity index is 1200. The Kier molecular flexibility index (Phi) is 5.98. The fraction of sp³-hybridized carbons (Fsp3) is 0.240. The highest BCUT2D eigenvalue weighted by atomic mass is 16.5. The van der Waals surface area contributed by atoms with Gasteiger partial charge in [0.1, 0.15) is 12.1 Å². The summed E-state index contributed by atoms with van der Waals surface area (Å²) in [5.41, 5.74) is 3.18. The summed E-state index contributed by atoms with van der Waals surface area (Å²) in [6.07, 6.45) is 5.82. The third-order valence-electron chi connectivity index (χ3n) is 5.70. The van der Waals surface area contributed by atoms with E-state index in [2.05, 4.69) is 45.6 Å². The molecule has 2 aromatic heterocycles. The van der Waals surface area contributed by atoms with Crippen molar-refractivity contribution < 1.29 is 14.3 Å². The van der Waals surface area contributed by atoms with Gasteiger partial charge in [0.2, 0.25) is 6.41 Å². The van der Waals surface area contributed by atoms with Crippen LogP contribution in [-0.4, -0.2) is 27.9 Å². The molecule has 2 N–H and O–H groups in total. The number of pyridine rings is 1. The van der Waals surface area contributed by atoms with Crippen LogP contribution in [0.2, 0.25) is 0 Å². The number of nitrogens with one attached hydrogen (secondary N) is 2. The van der Waals surface area contributed by atoms with Gasteiger partial charge in [0.25, 0.3) is 0 Å². The van der Waals surface area contributed by atoms with Crippen LogP contribution >= 0.6 is 0 Å². The van der Waals surface area contributed by atoms with Crippen LogP contribution in [0.15, 0.2) is 67.0 Å². The van der Waals surface area contributed by atoms with Gasteiger partial charge in [-0.15, -0.1) is 0 Å². The van der Waals surface area contributed by atoms with Crippen molar-refractivity contribution in [2.24, 2.45) is 0 Å². The molecule has 6 nitrogen and oxygen atoms in total. The molecule has 0 spiro atoms. The number of amides is 1. The van der Waals surface area contributed by atoms with Crippen molar-refractivity contribution in [2.45, 2.75) is 38.3 Å². The largest absolute Gasteiger partial charge is 0.459 e. The smallest absolute Gasteiger partial charge is 0.331 e. The van der Waals surface area contributed by atoms with E-state index in [0.29, 0.717) is 12.8 Å². The first-order valence-electron chi connectivity index (χ1n) is 10.4. The molecule has 4 aromatic rings. The van der Waals surface area contributed by atoms with Gasteiger partial charge in [0, 0.05) is 34.2 Å². The first-order valence-corrected chi connectivity index (χ1v) is 10.4. The van der Waals surface area contributed by atoms with E-state index in [1.165, 1.54) is 16.3 Å². The number of hydrogen-bond donors (Lipinski definition) is 2. The summed E-state index contributed by atoms with van der Waals surface area (Å²) < 4.78 is 5.46. The van der Waals surface area contributed by atoms with E-state index < -0.39 is 11.5 Å². The lowest BCUT2D eigenvalue weighted by Crippen LogP contribution is -2.49. The van der Waals surface area contributed by atoms with Crippen molar-refractivity contribution in [3.8, 4) is 0 Å². The lowest BCUT2D eigenvalue weighted by molar-refractivity contribution is -0.153. The average Bonchev–Trinajstić information content (AvgIpc) is 3.18. The number of H-pyrrole nitrogens is 1. The number of hydrogen-bond acceptors (Lipinski definition) is 4. The van der Waals surface area contributed by atoms with E-state index in [1.54, 1.807) is 31.5 Å². The molecule has 0 radical (unpaired) electrons. The number of aromatic amines is 1. The highest BCUT2D eigenvalue weighted by Gasteiger charge is 2.34. The average molecular weight is 415 g/mol. The summed E-state index contributed by atoms with van der Waals surface area (Å²) in [6.45, 7) is 1.85. The van der Waals surface area contributed by atoms with Crippen LogP contribution in [0.4, 0.5) is 0 Å². The fourth-order valence-electron chi connectivity index (χ4n) is 3.92. The molecule has 0 aliphatic rings. The van der Waals surface area contributed by atoms with Crippen LogP contribution in [0.25, 0.3) is 21.8 Å². The molecule has 0 aliphatic carbocycles. The number of esters is 1. The number of aromatic nitrogens is 2. The normalized spacial score (nSPS) is 13.1. The fourth-order valence-corrected chi connectivity index (χ4v) is 3.92. The zero-order valence-corrected chi connectivity index (χ0v) is 17.4. The maximum absolute atomic E-state index is 12.7. The Morgan fingerprint density at radius 2 is 1.87 bits per heavy atom. The van der Waals surface area contributed by atoms with E-state index >= 15 is 0 Å². The van der Waals surface area contributed by atoms with Gasteiger partial charge in [0.15, 0.2) is 0 Å². The van der Waals surface area contributed by atoms with Gasteiger partial charge in [-0.05, 0) is 55.5 Å². The second kappa shape index (κ2) is 9.00. The minimum Gasteiger partial charge on any atom is -0.459 e. The quantitative estimate of drug-likeness (QED) is 0.316. The standard InChI is InChI=1S/C25H25N3O3/c1-25(27-17-29,24(30)31-16-18-11-14-26-15-12-18)13-5-7-19-6-4-9-21-20-8-2-3-10-22(20)28-23(19)21/h2-4,6,8-12,14-15,17,28H,5,7,13,16H2,1H3,(H,27,29)/t25-/m0/s1.